The van der Waals surface area contributed by atoms with E-state index in [2.05, 4.69) is 21.7 Å². The van der Waals surface area contributed by atoms with Crippen molar-refractivity contribution in [1.29, 1.82) is 5.26 Å². The van der Waals surface area contributed by atoms with E-state index in [1.54, 1.807) is 25.0 Å². The van der Waals surface area contributed by atoms with Crippen LogP contribution in [0.15, 0.2) is 30.5 Å². The van der Waals surface area contributed by atoms with Crippen LogP contribution >= 0.6 is 0 Å². The molecule has 10 heteroatoms. The van der Waals surface area contributed by atoms with Crippen molar-refractivity contribution in [2.45, 2.75) is 64.0 Å². The number of rotatable bonds is 7. The molecule has 3 amide bonds. The predicted octanol–water partition coefficient (Wildman–Crippen LogP) is 2.44. The lowest BCUT2D eigenvalue weighted by Crippen LogP contribution is -2.53. The maximum Gasteiger partial charge on any atom is 0.246 e. The number of nitrogens with one attached hydrogen (secondary N) is 1. The molecule has 1 aromatic carbocycles. The van der Waals surface area contributed by atoms with Crippen LogP contribution in [0.4, 0.5) is 5.69 Å². The Bertz CT molecular complexity index is 1250. The molecule has 2 aliphatic rings. The summed E-state index contributed by atoms with van der Waals surface area (Å²) >= 11 is 0. The highest BCUT2D eigenvalue weighted by molar-refractivity contribution is 6.07. The van der Waals surface area contributed by atoms with Crippen molar-refractivity contribution < 1.29 is 14.4 Å². The molecular formula is C27H35N7O3. The van der Waals surface area contributed by atoms with E-state index >= 15 is 0 Å². The molecule has 2 aromatic rings. The lowest BCUT2D eigenvalue weighted by Gasteiger charge is -2.35. The Labute approximate surface area is 217 Å². The number of aromatic nitrogens is 3. The highest BCUT2D eigenvalue weighted by Gasteiger charge is 2.56. The van der Waals surface area contributed by atoms with E-state index in [-0.39, 0.29) is 42.5 Å². The van der Waals surface area contributed by atoms with Gasteiger partial charge in [0, 0.05) is 38.9 Å². The molecule has 4 atom stereocenters. The first-order valence-corrected chi connectivity index (χ1v) is 12.7. The first-order chi connectivity index (χ1) is 17.5. The molecule has 37 heavy (non-hydrogen) atoms. The van der Waals surface area contributed by atoms with E-state index in [9.17, 15) is 19.6 Å². The Kier molecular flexibility index (Phi) is 7.09. The Morgan fingerprint density at radius 3 is 2.57 bits per heavy atom. The number of fused-ring (bicyclic) bond motifs is 2. The smallest absolute Gasteiger partial charge is 0.246 e. The van der Waals surface area contributed by atoms with E-state index in [4.69, 9.17) is 0 Å². The van der Waals surface area contributed by atoms with Crippen LogP contribution in [0.5, 0.6) is 0 Å². The van der Waals surface area contributed by atoms with Crippen LogP contribution in [0.2, 0.25) is 0 Å². The van der Waals surface area contributed by atoms with Gasteiger partial charge in [0.25, 0.3) is 0 Å². The van der Waals surface area contributed by atoms with Crippen molar-refractivity contribution in [3.05, 3.63) is 41.7 Å². The van der Waals surface area contributed by atoms with Gasteiger partial charge in [-0.1, -0.05) is 51.1 Å². The standard InChI is InChI=1S/C27H35N7O3/c1-16(2)11-22(33(6)25(36)23(17(3)4)21-14-32(5)31-30-21)24(35)34-15-27(12-18(34)13-28)19-9-7-8-10-20(19)29-26(27)37/h7-10,14,16-18,22-23H,11-12,15H2,1-6H3,(H,29,37)/t18-,22-,23-,27-/m0/s1. The second-order valence-electron chi connectivity index (χ2n) is 11.0. The molecule has 0 radical (unpaired) electrons. The molecule has 0 bridgehead atoms. The number of benzene rings is 1. The third-order valence-electron chi connectivity index (χ3n) is 7.58. The van der Waals surface area contributed by atoms with Crippen LogP contribution in [0.25, 0.3) is 0 Å². The van der Waals surface area contributed by atoms with Crippen LogP contribution in [0.3, 0.4) is 0 Å². The van der Waals surface area contributed by atoms with Crippen LogP contribution in [0.1, 0.15) is 57.7 Å². The minimum absolute atomic E-state index is 0.0675. The van der Waals surface area contributed by atoms with Crippen molar-refractivity contribution in [2.75, 3.05) is 18.9 Å². The normalized spacial score (nSPS) is 22.2. The van der Waals surface area contributed by atoms with Crippen LogP contribution in [-0.4, -0.2) is 68.2 Å². The van der Waals surface area contributed by atoms with E-state index in [1.165, 1.54) is 9.80 Å². The summed E-state index contributed by atoms with van der Waals surface area (Å²) < 4.78 is 1.56. The number of hydrogen-bond donors (Lipinski definition) is 1. The van der Waals surface area contributed by atoms with Gasteiger partial charge in [0.2, 0.25) is 17.7 Å². The SMILES string of the molecule is CC(C)C[C@@H](C(=O)N1C[C@]2(C[C@H]1C#N)C(=O)Nc1ccccc12)N(C)C(=O)[C@H](c1cn(C)nn1)C(C)C. The highest BCUT2D eigenvalue weighted by atomic mass is 16.2. The summed E-state index contributed by atoms with van der Waals surface area (Å²) in [6.07, 6.45) is 2.37. The number of carbonyl (C=O) groups is 3. The summed E-state index contributed by atoms with van der Waals surface area (Å²) in [7, 11) is 3.39. The van der Waals surface area contributed by atoms with Gasteiger partial charge in [-0.15, -0.1) is 5.10 Å². The second-order valence-corrected chi connectivity index (χ2v) is 11.0. The minimum Gasteiger partial charge on any atom is -0.333 e. The number of aryl methyl sites for hydroxylation is 1. The van der Waals surface area contributed by atoms with Gasteiger partial charge in [0.05, 0.1) is 23.1 Å². The summed E-state index contributed by atoms with van der Waals surface area (Å²) in [5.74, 6) is -1.25. The summed E-state index contributed by atoms with van der Waals surface area (Å²) in [5.41, 5.74) is 1.10. The molecule has 2 aliphatic heterocycles. The van der Waals surface area contributed by atoms with Gasteiger partial charge >= 0.3 is 0 Å². The maximum atomic E-state index is 14.1. The zero-order valence-corrected chi connectivity index (χ0v) is 22.3. The monoisotopic (exact) mass is 505 g/mol. The molecule has 4 rings (SSSR count). The van der Waals surface area contributed by atoms with Crippen molar-refractivity contribution in [1.82, 2.24) is 24.8 Å². The first kappa shape index (κ1) is 26.3. The van der Waals surface area contributed by atoms with Crippen LogP contribution < -0.4 is 5.32 Å². The second kappa shape index (κ2) is 9.96. The summed E-state index contributed by atoms with van der Waals surface area (Å²) in [4.78, 5) is 44.1. The average molecular weight is 506 g/mol. The minimum atomic E-state index is -0.974. The maximum absolute atomic E-state index is 14.1. The van der Waals surface area contributed by atoms with E-state index in [1.807, 2.05) is 52.0 Å². The van der Waals surface area contributed by atoms with Gasteiger partial charge in [0.1, 0.15) is 12.1 Å². The van der Waals surface area contributed by atoms with Crippen molar-refractivity contribution in [3.8, 4) is 6.07 Å². The van der Waals surface area contributed by atoms with Gasteiger partial charge in [-0.25, -0.2) is 0 Å². The fraction of sp³-hybridized carbons (Fsp3) is 0.556. The summed E-state index contributed by atoms with van der Waals surface area (Å²) in [6, 6.07) is 8.11. The van der Waals surface area contributed by atoms with Crippen LogP contribution in [-0.2, 0) is 26.8 Å². The molecule has 1 spiro atoms. The predicted molar refractivity (Wildman–Crippen MR) is 137 cm³/mol. The Balaban J connectivity index is 1.66. The number of para-hydroxylation sites is 1. The fourth-order valence-corrected chi connectivity index (χ4v) is 5.68. The molecule has 10 nitrogen and oxygen atoms in total. The van der Waals surface area contributed by atoms with Gasteiger partial charge in [0.15, 0.2) is 0 Å². The molecule has 3 heterocycles. The lowest BCUT2D eigenvalue weighted by atomic mass is 9.80. The number of nitriles is 1. The molecule has 1 saturated heterocycles. The highest BCUT2D eigenvalue weighted by Crippen LogP contribution is 2.46. The topological polar surface area (TPSA) is 124 Å². The third kappa shape index (κ3) is 4.59. The quantitative estimate of drug-likeness (QED) is 0.616. The first-order valence-electron chi connectivity index (χ1n) is 12.7. The Morgan fingerprint density at radius 1 is 1.27 bits per heavy atom. The number of likely N-dealkylation sites (N-methyl/N-ethyl adjacent to an activating group) is 1. The largest absolute Gasteiger partial charge is 0.333 e. The molecular weight excluding hydrogens is 470 g/mol. The Hall–Kier alpha value is -3.74. The van der Waals surface area contributed by atoms with Crippen LogP contribution in [0, 0.1) is 23.2 Å². The van der Waals surface area contributed by atoms with E-state index in [0.717, 1.165) is 5.56 Å². The summed E-state index contributed by atoms with van der Waals surface area (Å²) in [6.45, 7) is 7.97. The molecule has 1 fully saturated rings. The molecule has 1 N–H and O–H groups in total. The number of nitrogens with zero attached hydrogens (tertiary/aromatic N) is 6. The molecule has 1 aromatic heterocycles. The average Bonchev–Trinajstić information content (AvgIpc) is 3.53. The third-order valence-corrected chi connectivity index (χ3v) is 7.58. The number of amides is 3. The van der Waals surface area contributed by atoms with Gasteiger partial charge in [-0.3, -0.25) is 19.1 Å². The van der Waals surface area contributed by atoms with E-state index < -0.39 is 23.4 Å². The number of hydrogen-bond acceptors (Lipinski definition) is 6. The Morgan fingerprint density at radius 2 is 1.97 bits per heavy atom. The summed E-state index contributed by atoms with van der Waals surface area (Å²) in [5, 5.41) is 21.1. The van der Waals surface area contributed by atoms with Gasteiger partial charge in [-0.2, -0.15) is 5.26 Å². The van der Waals surface area contributed by atoms with Crippen molar-refractivity contribution in [2.24, 2.45) is 18.9 Å². The van der Waals surface area contributed by atoms with Gasteiger partial charge in [-0.05, 0) is 29.9 Å². The molecule has 0 unspecified atom stereocenters. The number of likely N-dealkylation sites (tertiary alicyclic amines) is 1. The molecule has 0 saturated carbocycles. The number of carbonyl (C=O) groups excluding carboxylic acids is 3. The van der Waals surface area contributed by atoms with E-state index in [0.29, 0.717) is 17.8 Å². The lowest BCUT2D eigenvalue weighted by molar-refractivity contribution is -0.146. The zero-order chi connectivity index (χ0) is 27.1. The molecule has 0 aliphatic carbocycles. The number of anilines is 1. The zero-order valence-electron chi connectivity index (χ0n) is 22.3. The van der Waals surface area contributed by atoms with Crippen molar-refractivity contribution in [3.63, 3.8) is 0 Å². The fourth-order valence-electron chi connectivity index (χ4n) is 5.68. The van der Waals surface area contributed by atoms with Gasteiger partial charge < -0.3 is 15.1 Å². The molecule has 196 valence electrons. The van der Waals surface area contributed by atoms with Crippen molar-refractivity contribution >= 4 is 23.4 Å².